The molecule has 3 aliphatic heterocycles. The van der Waals surface area contributed by atoms with Crippen LogP contribution in [-0.2, 0) is 38.1 Å². The Morgan fingerprint density at radius 3 is 2.26 bits per heavy atom. The molecule has 2 saturated heterocycles. The number of phenols is 1. The summed E-state index contributed by atoms with van der Waals surface area (Å²) in [6, 6.07) is 15.8. The maximum absolute atomic E-state index is 16.9. The van der Waals surface area contributed by atoms with Gasteiger partial charge in [-0.25, -0.2) is 9.37 Å². The summed E-state index contributed by atoms with van der Waals surface area (Å²) in [5.41, 5.74) is 1.29. The molecule has 4 heterocycles. The lowest BCUT2D eigenvalue weighted by molar-refractivity contribution is -0.136. The number of rotatable bonds is 24. The fourth-order valence-corrected chi connectivity index (χ4v) is 9.29. The summed E-state index contributed by atoms with van der Waals surface area (Å²) in [7, 11) is 1.67. The number of phenolic OH excluding ortho intramolecular Hbond substituents is 1. The predicted octanol–water partition coefficient (Wildman–Crippen LogP) is 4.62. The second kappa shape index (κ2) is 24.6. The number of ether oxygens (including phenoxy) is 4. The van der Waals surface area contributed by atoms with E-state index in [4.69, 9.17) is 35.5 Å². The zero-order valence-electron chi connectivity index (χ0n) is 40.8. The average molecular weight is 1040 g/mol. The van der Waals surface area contributed by atoms with Crippen molar-refractivity contribution in [1.82, 2.24) is 30.0 Å². The van der Waals surface area contributed by atoms with Crippen molar-refractivity contribution in [1.29, 1.82) is 0 Å². The SMILES string of the molecule is C=CC(=O)N1CCN(c2nc(NCCC(=O)N(C)CCOCCOCCOCCOCCNc3cccc4c3C(=O)N(C3CCC(=O)NC3=O)C4=O)nc3c(F)c(-c4cc(O)cc5ccccc45)c(Cl)cc23)CC1. The van der Waals surface area contributed by atoms with E-state index >= 15 is 4.39 Å². The molecule has 74 heavy (non-hydrogen) atoms. The van der Waals surface area contributed by atoms with Crippen LogP contribution in [0, 0.1) is 5.82 Å². The zero-order chi connectivity index (χ0) is 52.3. The lowest BCUT2D eigenvalue weighted by atomic mass is 9.96. The number of aromatic nitrogens is 2. The number of hydrogen-bond donors (Lipinski definition) is 4. The van der Waals surface area contributed by atoms with Crippen molar-refractivity contribution >= 4 is 86.2 Å². The number of imide groups is 2. The fourth-order valence-electron chi connectivity index (χ4n) is 9.00. The number of likely N-dealkylation sites (N-methyl/N-ethyl adjacent to an activating group) is 1. The lowest BCUT2D eigenvalue weighted by Crippen LogP contribution is -2.54. The molecule has 0 bridgehead atoms. The second-order valence-corrected chi connectivity index (χ2v) is 18.0. The summed E-state index contributed by atoms with van der Waals surface area (Å²) in [6.45, 7) is 8.55. The molecule has 6 amide bonds. The van der Waals surface area contributed by atoms with Gasteiger partial charge in [-0.1, -0.05) is 48.5 Å². The first-order valence-corrected chi connectivity index (χ1v) is 24.7. The molecule has 0 spiro atoms. The van der Waals surface area contributed by atoms with Crippen LogP contribution in [0.15, 0.2) is 73.3 Å². The van der Waals surface area contributed by atoms with Crippen LogP contribution in [0.25, 0.3) is 32.8 Å². The van der Waals surface area contributed by atoms with Crippen LogP contribution in [0.1, 0.15) is 40.0 Å². The van der Waals surface area contributed by atoms with Gasteiger partial charge in [-0.2, -0.15) is 4.98 Å². The Bertz CT molecular complexity index is 2960. The van der Waals surface area contributed by atoms with Crippen molar-refractivity contribution in [3.05, 3.63) is 95.3 Å². The molecular formula is C52H57ClFN9O11. The molecule has 5 aromatic rings. The summed E-state index contributed by atoms with van der Waals surface area (Å²) in [5, 5.41) is 20.9. The van der Waals surface area contributed by atoms with Crippen molar-refractivity contribution in [2.24, 2.45) is 0 Å². The molecule has 20 nitrogen and oxygen atoms in total. The minimum absolute atomic E-state index is 0.00230. The van der Waals surface area contributed by atoms with Crippen LogP contribution in [0.3, 0.4) is 0 Å². The minimum Gasteiger partial charge on any atom is -0.508 e. The summed E-state index contributed by atoms with van der Waals surface area (Å²) < 4.78 is 39.4. The van der Waals surface area contributed by atoms with Crippen LogP contribution in [0.5, 0.6) is 5.75 Å². The first-order chi connectivity index (χ1) is 35.8. The third-order valence-electron chi connectivity index (χ3n) is 12.8. The molecule has 4 aromatic carbocycles. The standard InChI is InChI=1S/C52H57ClFN9O11/c1-3-42(66)61-16-18-62(19-17-61)48-37-31-38(53)44(36-30-33(64)29-32-7-4-5-8-34(32)36)46(54)47(37)58-52(59-48)56-14-13-43(67)60(2)20-22-72-24-26-74-28-27-73-25-23-71-21-15-55-39-10-6-9-35-45(39)51(70)63(50(35)69)40-11-12-41(65)57-49(40)68/h3-10,29-31,40,55,64H,1,11-28H2,2H3,(H,56,58,59)(H,57,65,68). The number of amides is 6. The Morgan fingerprint density at radius 1 is 0.838 bits per heavy atom. The third kappa shape index (κ3) is 12.2. The molecule has 22 heteroatoms. The van der Waals surface area contributed by atoms with E-state index in [-0.39, 0.29) is 83.2 Å². The van der Waals surface area contributed by atoms with Gasteiger partial charge in [-0.3, -0.25) is 39.0 Å². The number of benzene rings is 4. The zero-order valence-corrected chi connectivity index (χ0v) is 41.6. The van der Waals surface area contributed by atoms with Crippen LogP contribution < -0.4 is 20.9 Å². The molecule has 4 N–H and O–H groups in total. The third-order valence-corrected chi connectivity index (χ3v) is 13.1. The highest BCUT2D eigenvalue weighted by molar-refractivity contribution is 6.35. The Morgan fingerprint density at radius 2 is 1.54 bits per heavy atom. The molecule has 3 aliphatic rings. The van der Waals surface area contributed by atoms with E-state index in [1.165, 1.54) is 18.2 Å². The number of aromatic hydroxyl groups is 1. The number of fused-ring (bicyclic) bond motifs is 3. The first-order valence-electron chi connectivity index (χ1n) is 24.3. The number of nitrogens with zero attached hydrogens (tertiary/aromatic N) is 6. The van der Waals surface area contributed by atoms with Gasteiger partial charge in [-0.05, 0) is 59.2 Å². The Hall–Kier alpha value is -7.30. The molecule has 0 saturated carbocycles. The molecule has 1 unspecified atom stereocenters. The van der Waals surface area contributed by atoms with Crippen molar-refractivity contribution in [2.45, 2.75) is 25.3 Å². The van der Waals surface area contributed by atoms with E-state index in [0.717, 1.165) is 4.90 Å². The molecule has 0 aliphatic carbocycles. The van der Waals surface area contributed by atoms with E-state index in [1.807, 2.05) is 29.2 Å². The van der Waals surface area contributed by atoms with Gasteiger partial charge < -0.3 is 49.4 Å². The molecule has 1 atom stereocenters. The number of anilines is 3. The average Bonchev–Trinajstić information content (AvgIpc) is 3.66. The van der Waals surface area contributed by atoms with E-state index in [1.54, 1.807) is 41.1 Å². The Balaban J connectivity index is 0.726. The summed E-state index contributed by atoms with van der Waals surface area (Å²) in [4.78, 5) is 91.2. The van der Waals surface area contributed by atoms with E-state index in [0.29, 0.717) is 119 Å². The second-order valence-electron chi connectivity index (χ2n) is 17.6. The molecule has 0 radical (unpaired) electrons. The van der Waals surface area contributed by atoms with Gasteiger partial charge in [0.05, 0.1) is 69.0 Å². The lowest BCUT2D eigenvalue weighted by Gasteiger charge is -2.35. The van der Waals surface area contributed by atoms with Crippen molar-refractivity contribution in [3.8, 4) is 16.9 Å². The maximum atomic E-state index is 16.9. The van der Waals surface area contributed by atoms with Gasteiger partial charge >= 0.3 is 0 Å². The topological polar surface area (TPSA) is 234 Å². The minimum atomic E-state index is -1.04. The van der Waals surface area contributed by atoms with E-state index < -0.39 is 35.5 Å². The van der Waals surface area contributed by atoms with Crippen LogP contribution >= 0.6 is 11.6 Å². The largest absolute Gasteiger partial charge is 0.508 e. The summed E-state index contributed by atoms with van der Waals surface area (Å²) in [6.07, 6.45) is 1.47. The van der Waals surface area contributed by atoms with E-state index in [9.17, 15) is 33.9 Å². The number of piperazine rings is 1. The molecular weight excluding hydrogens is 981 g/mol. The van der Waals surface area contributed by atoms with Gasteiger partial charge in [0.1, 0.15) is 23.1 Å². The van der Waals surface area contributed by atoms with Crippen LogP contribution in [-0.4, -0.2) is 177 Å². The highest BCUT2D eigenvalue weighted by Crippen LogP contribution is 2.42. The van der Waals surface area contributed by atoms with Gasteiger partial charge in [-0.15, -0.1) is 0 Å². The number of carbonyl (C=O) groups excluding carboxylic acids is 6. The Labute approximate surface area is 430 Å². The van der Waals surface area contributed by atoms with Crippen molar-refractivity contribution < 1.29 is 57.2 Å². The van der Waals surface area contributed by atoms with Crippen molar-refractivity contribution in [3.63, 3.8) is 0 Å². The highest BCUT2D eigenvalue weighted by Gasteiger charge is 2.45. The maximum Gasteiger partial charge on any atom is 0.264 e. The highest BCUT2D eigenvalue weighted by atomic mass is 35.5. The summed E-state index contributed by atoms with van der Waals surface area (Å²) in [5.74, 6) is -2.84. The van der Waals surface area contributed by atoms with Crippen LogP contribution in [0.4, 0.5) is 21.8 Å². The van der Waals surface area contributed by atoms with Gasteiger partial charge in [0, 0.05) is 82.3 Å². The van der Waals surface area contributed by atoms with Crippen molar-refractivity contribution in [2.75, 3.05) is 121 Å². The number of carbonyl (C=O) groups is 6. The van der Waals surface area contributed by atoms with E-state index in [2.05, 4.69) is 27.5 Å². The van der Waals surface area contributed by atoms with Gasteiger partial charge in [0.2, 0.25) is 29.6 Å². The molecule has 2 fully saturated rings. The van der Waals surface area contributed by atoms with Gasteiger partial charge in [0.25, 0.3) is 11.8 Å². The number of piperidine rings is 1. The fraction of sp³-hybridized carbons (Fsp3) is 0.385. The Kier molecular flexibility index (Phi) is 17.6. The predicted molar refractivity (Wildman–Crippen MR) is 274 cm³/mol. The number of hydrogen-bond acceptors (Lipinski definition) is 16. The number of nitrogens with one attached hydrogen (secondary N) is 3. The monoisotopic (exact) mass is 1040 g/mol. The normalized spacial score (nSPS) is 15.7. The first kappa shape index (κ1) is 53.0. The molecule has 1 aromatic heterocycles. The van der Waals surface area contributed by atoms with Crippen LogP contribution in [0.2, 0.25) is 5.02 Å². The van der Waals surface area contributed by atoms with Gasteiger partial charge in [0.15, 0.2) is 5.82 Å². The number of halogens is 2. The molecule has 390 valence electrons. The molecule has 8 rings (SSSR count). The summed E-state index contributed by atoms with van der Waals surface area (Å²) >= 11 is 6.86. The smallest absolute Gasteiger partial charge is 0.264 e. The quantitative estimate of drug-likeness (QED) is 0.0375.